The Balaban J connectivity index is 0. The number of carboxylic acids is 2. The fraction of sp³-hybridized carbons (Fsp3) is 0. The number of benzene rings is 1. The second-order valence-electron chi connectivity index (χ2n) is 2.19. The van der Waals surface area contributed by atoms with Gasteiger partial charge in [0.25, 0.3) is 0 Å². The summed E-state index contributed by atoms with van der Waals surface area (Å²) < 4.78 is 0. The van der Waals surface area contributed by atoms with Crippen LogP contribution in [0, 0.1) is 0 Å². The van der Waals surface area contributed by atoms with Crippen molar-refractivity contribution in [3.8, 4) is 0 Å². The smallest absolute Gasteiger partial charge is 0.478 e. The molecule has 1 aromatic rings. The normalized spacial score (nSPS) is 8.62. The molecule has 0 aliphatic rings. The van der Waals surface area contributed by atoms with E-state index in [1.807, 2.05) is 0 Å². The van der Waals surface area contributed by atoms with E-state index in [9.17, 15) is 9.59 Å². The maximum atomic E-state index is 10.3. The van der Waals surface area contributed by atoms with E-state index in [0.29, 0.717) is 0 Å². The van der Waals surface area contributed by atoms with E-state index in [0.717, 1.165) is 0 Å². The Morgan fingerprint density at radius 2 is 1.15 bits per heavy atom. The molecular weight excluding hydrogens is 199 g/mol. The van der Waals surface area contributed by atoms with Crippen LogP contribution in [0.4, 0.5) is 0 Å². The van der Waals surface area contributed by atoms with Crippen molar-refractivity contribution in [3.05, 3.63) is 35.4 Å². The van der Waals surface area contributed by atoms with E-state index in [1.165, 1.54) is 24.3 Å². The molecule has 0 fully saturated rings. The van der Waals surface area contributed by atoms with E-state index < -0.39 is 11.9 Å². The average molecular weight is 206 g/mol. The topological polar surface area (TPSA) is 74.6 Å². The van der Waals surface area contributed by atoms with Gasteiger partial charge in [-0.2, -0.15) is 0 Å². The van der Waals surface area contributed by atoms with Crippen molar-refractivity contribution in [2.45, 2.75) is 0 Å². The molecule has 0 aromatic heterocycles. The van der Waals surface area contributed by atoms with Crippen molar-refractivity contribution in [1.29, 1.82) is 0 Å². The predicted octanol–water partition coefficient (Wildman–Crippen LogP) is -1.80. The molecule has 0 aliphatic carbocycles. The summed E-state index contributed by atoms with van der Waals surface area (Å²) in [5.74, 6) is -2.13. The molecule has 0 unspecified atom stereocenters. The van der Waals surface area contributed by atoms with Crippen LogP contribution in [0.15, 0.2) is 24.3 Å². The molecule has 0 aliphatic heterocycles. The largest absolute Gasteiger partial charge is 1.00 e. The fourth-order valence-corrected chi connectivity index (χ4v) is 0.755. The summed E-state index contributed by atoms with van der Waals surface area (Å²) in [6, 6.07) is 5.02. The SMILES string of the molecule is O=C(O)c1ccc(C(=O)O)cc1.[H+].[K+]. The third kappa shape index (κ3) is 3.57. The number of aromatic carboxylic acids is 2. The van der Waals surface area contributed by atoms with Crippen LogP contribution in [-0.2, 0) is 0 Å². The molecule has 1 rings (SSSR count). The minimum absolute atomic E-state index is 0. The summed E-state index contributed by atoms with van der Waals surface area (Å²) in [5, 5.41) is 16.9. The van der Waals surface area contributed by atoms with Crippen LogP contribution in [0.3, 0.4) is 0 Å². The summed E-state index contributed by atoms with van der Waals surface area (Å²) in [4.78, 5) is 20.7. The van der Waals surface area contributed by atoms with Gasteiger partial charge in [-0.3, -0.25) is 0 Å². The van der Waals surface area contributed by atoms with Gasteiger partial charge in [0, 0.05) is 0 Å². The maximum Gasteiger partial charge on any atom is 1.00 e. The molecule has 0 saturated heterocycles. The Labute approximate surface area is 118 Å². The molecule has 13 heavy (non-hydrogen) atoms. The number of carboxylic acid groups (broad SMARTS) is 2. The van der Waals surface area contributed by atoms with Crippen LogP contribution < -0.4 is 51.4 Å². The molecule has 0 heterocycles. The first kappa shape index (κ1) is 12.8. The Kier molecular flexibility index (Phi) is 5.42. The third-order valence-electron chi connectivity index (χ3n) is 1.38. The zero-order valence-corrected chi connectivity index (χ0v) is 10.1. The third-order valence-corrected chi connectivity index (χ3v) is 1.38. The van der Waals surface area contributed by atoms with Crippen LogP contribution in [0.25, 0.3) is 0 Å². The zero-order valence-electron chi connectivity index (χ0n) is 8.02. The maximum absolute atomic E-state index is 10.3. The summed E-state index contributed by atoms with van der Waals surface area (Å²) >= 11 is 0. The minimum atomic E-state index is -1.06. The van der Waals surface area contributed by atoms with Crippen LogP contribution in [0.5, 0.6) is 0 Å². The van der Waals surface area contributed by atoms with Gasteiger partial charge in [-0.25, -0.2) is 9.59 Å². The molecule has 1 aromatic carbocycles. The minimum Gasteiger partial charge on any atom is -0.478 e. The Hall–Kier alpha value is -0.204. The summed E-state index contributed by atoms with van der Waals surface area (Å²) in [5.41, 5.74) is 0.167. The van der Waals surface area contributed by atoms with Crippen molar-refractivity contribution in [1.82, 2.24) is 0 Å². The second kappa shape index (κ2) is 5.51. The van der Waals surface area contributed by atoms with Crippen molar-refractivity contribution in [3.63, 3.8) is 0 Å². The van der Waals surface area contributed by atoms with E-state index >= 15 is 0 Å². The van der Waals surface area contributed by atoms with Crippen LogP contribution >= 0.6 is 0 Å². The monoisotopic (exact) mass is 206 g/mol. The molecule has 0 atom stereocenters. The molecule has 5 heteroatoms. The van der Waals surface area contributed by atoms with Crippen molar-refractivity contribution in [2.24, 2.45) is 0 Å². The van der Waals surface area contributed by atoms with Gasteiger partial charge in [-0.15, -0.1) is 0 Å². The first-order chi connectivity index (χ1) is 5.61. The number of rotatable bonds is 2. The average Bonchev–Trinajstić information content (AvgIpc) is 2.04. The molecule has 2 N–H and O–H groups in total. The molecule has 0 saturated carbocycles. The summed E-state index contributed by atoms with van der Waals surface area (Å²) in [6.07, 6.45) is 0. The van der Waals surface area contributed by atoms with Gasteiger partial charge < -0.3 is 10.2 Å². The van der Waals surface area contributed by atoms with E-state index in [-0.39, 0.29) is 63.9 Å². The van der Waals surface area contributed by atoms with Crippen molar-refractivity contribution in [2.75, 3.05) is 0 Å². The van der Waals surface area contributed by atoms with Crippen molar-refractivity contribution < 1.29 is 72.6 Å². The Bertz CT molecular complexity index is 290. The molecule has 4 nitrogen and oxygen atoms in total. The Morgan fingerprint density at radius 3 is 1.31 bits per heavy atom. The standard InChI is InChI=1S/C8H6O4.K/c9-7(10)5-1-2-6(4-3-5)8(11)12;/h1-4H,(H,9,10)(H,11,12);/q;+1/p+1. The van der Waals surface area contributed by atoms with Gasteiger partial charge in [-0.1, -0.05) is 0 Å². The Morgan fingerprint density at radius 1 is 0.923 bits per heavy atom. The fourth-order valence-electron chi connectivity index (χ4n) is 0.755. The van der Waals surface area contributed by atoms with Crippen LogP contribution in [0.1, 0.15) is 22.1 Å². The molecule has 0 bridgehead atoms. The van der Waals surface area contributed by atoms with E-state index in [1.54, 1.807) is 0 Å². The van der Waals surface area contributed by atoms with Gasteiger partial charge in [0.15, 0.2) is 0 Å². The number of hydrogen-bond acceptors (Lipinski definition) is 2. The number of carbonyl (C=O) groups is 2. The summed E-state index contributed by atoms with van der Waals surface area (Å²) in [6.45, 7) is 0. The molecule has 0 radical (unpaired) electrons. The van der Waals surface area contributed by atoms with Gasteiger partial charge in [0.05, 0.1) is 11.1 Å². The summed E-state index contributed by atoms with van der Waals surface area (Å²) in [7, 11) is 0. The first-order valence-corrected chi connectivity index (χ1v) is 3.18. The van der Waals surface area contributed by atoms with E-state index in [2.05, 4.69) is 0 Å². The van der Waals surface area contributed by atoms with Gasteiger partial charge in [0.2, 0.25) is 0 Å². The van der Waals surface area contributed by atoms with Crippen LogP contribution in [0.2, 0.25) is 0 Å². The second-order valence-corrected chi connectivity index (χ2v) is 2.19. The van der Waals surface area contributed by atoms with Gasteiger partial charge in [0.1, 0.15) is 0 Å². The van der Waals surface area contributed by atoms with Gasteiger partial charge >= 0.3 is 64.7 Å². The molecule has 62 valence electrons. The van der Waals surface area contributed by atoms with Crippen LogP contribution in [-0.4, -0.2) is 22.2 Å². The molecular formula is C8H7KO4+2. The van der Waals surface area contributed by atoms with E-state index in [4.69, 9.17) is 10.2 Å². The first-order valence-electron chi connectivity index (χ1n) is 3.18. The zero-order chi connectivity index (χ0) is 9.14. The molecule has 0 amide bonds. The van der Waals surface area contributed by atoms with Gasteiger partial charge in [-0.05, 0) is 24.3 Å². The number of hydrogen-bond donors (Lipinski definition) is 2. The molecule has 0 spiro atoms. The predicted molar refractivity (Wildman–Crippen MR) is 41.5 cm³/mol. The quantitative estimate of drug-likeness (QED) is 0.560. The van der Waals surface area contributed by atoms with Crippen molar-refractivity contribution >= 4 is 11.9 Å².